The highest BCUT2D eigenvalue weighted by atomic mass is 35.5. The Hall–Kier alpha value is -2.70. The first-order valence-electron chi connectivity index (χ1n) is 9.26. The third-order valence-electron chi connectivity index (χ3n) is 4.91. The van der Waals surface area contributed by atoms with Gasteiger partial charge in [-0.3, -0.25) is 9.78 Å². The van der Waals surface area contributed by atoms with Gasteiger partial charge >= 0.3 is 0 Å². The third kappa shape index (κ3) is 4.08. The topological polar surface area (TPSA) is 67.3 Å². The van der Waals surface area contributed by atoms with E-state index in [0.717, 1.165) is 31.3 Å². The van der Waals surface area contributed by atoms with Crippen molar-refractivity contribution in [3.63, 3.8) is 0 Å². The summed E-state index contributed by atoms with van der Waals surface area (Å²) in [7, 11) is 2.11. The normalized spacial score (nSPS) is 15.5. The molecule has 6 nitrogen and oxygen atoms in total. The molecule has 28 heavy (non-hydrogen) atoms. The maximum Gasteiger partial charge on any atom is 0.257 e. The fourth-order valence-electron chi connectivity index (χ4n) is 3.34. The number of halogens is 1. The number of aromatic nitrogens is 2. The maximum atomic E-state index is 12.8. The lowest BCUT2D eigenvalue weighted by Gasteiger charge is -2.28. The van der Waals surface area contributed by atoms with Crippen LogP contribution in [0.5, 0.6) is 5.88 Å². The number of pyridine rings is 2. The molecule has 1 amide bonds. The zero-order valence-corrected chi connectivity index (χ0v) is 16.3. The SMILES string of the molecule is CN1CCC(Oc2cc(NC(=O)c3ccc(Cl)c4cccnc34)ccn2)CC1. The van der Waals surface area contributed by atoms with Gasteiger partial charge in [-0.2, -0.15) is 0 Å². The summed E-state index contributed by atoms with van der Waals surface area (Å²) in [5, 5.41) is 4.22. The molecule has 3 aromatic rings. The van der Waals surface area contributed by atoms with E-state index in [1.54, 1.807) is 42.7 Å². The summed E-state index contributed by atoms with van der Waals surface area (Å²) < 4.78 is 6.00. The van der Waals surface area contributed by atoms with Gasteiger partial charge in [-0.15, -0.1) is 0 Å². The minimum Gasteiger partial charge on any atom is -0.474 e. The number of likely N-dealkylation sites (tertiary alicyclic amines) is 1. The first-order chi connectivity index (χ1) is 13.6. The number of anilines is 1. The largest absolute Gasteiger partial charge is 0.474 e. The van der Waals surface area contributed by atoms with E-state index in [2.05, 4.69) is 27.2 Å². The van der Waals surface area contributed by atoms with Gasteiger partial charge in [0.2, 0.25) is 5.88 Å². The van der Waals surface area contributed by atoms with E-state index >= 15 is 0 Å². The van der Waals surface area contributed by atoms with Gasteiger partial charge in [-0.25, -0.2) is 4.98 Å². The van der Waals surface area contributed by atoms with Crippen LogP contribution in [-0.4, -0.2) is 47.0 Å². The lowest BCUT2D eigenvalue weighted by molar-refractivity contribution is 0.102. The quantitative estimate of drug-likeness (QED) is 0.721. The van der Waals surface area contributed by atoms with Gasteiger partial charge < -0.3 is 15.0 Å². The molecule has 0 unspecified atom stereocenters. The third-order valence-corrected chi connectivity index (χ3v) is 5.24. The molecule has 2 aromatic heterocycles. The number of hydrogen-bond acceptors (Lipinski definition) is 5. The van der Waals surface area contributed by atoms with Gasteiger partial charge in [-0.1, -0.05) is 11.6 Å². The van der Waals surface area contributed by atoms with Crippen LogP contribution in [0.25, 0.3) is 10.9 Å². The highest BCUT2D eigenvalue weighted by Gasteiger charge is 2.19. The first-order valence-corrected chi connectivity index (χ1v) is 9.64. The summed E-state index contributed by atoms with van der Waals surface area (Å²) in [6.07, 6.45) is 5.38. The fourth-order valence-corrected chi connectivity index (χ4v) is 3.56. The van der Waals surface area contributed by atoms with E-state index in [0.29, 0.717) is 27.7 Å². The number of nitrogens with zero attached hydrogens (tertiary/aromatic N) is 3. The predicted molar refractivity (Wildman–Crippen MR) is 110 cm³/mol. The molecule has 0 spiro atoms. The van der Waals surface area contributed by atoms with E-state index in [4.69, 9.17) is 16.3 Å². The van der Waals surface area contributed by atoms with Crippen molar-refractivity contribution in [2.45, 2.75) is 18.9 Å². The monoisotopic (exact) mass is 396 g/mol. The van der Waals surface area contributed by atoms with Crippen LogP contribution in [0.1, 0.15) is 23.2 Å². The molecule has 1 fully saturated rings. The number of rotatable bonds is 4. The number of benzene rings is 1. The van der Waals surface area contributed by atoms with E-state index in [1.165, 1.54) is 0 Å². The molecular formula is C21H21ClN4O2. The standard InChI is InChI=1S/C21H21ClN4O2/c1-26-11-7-15(8-12-26)28-19-13-14(6-10-23-19)25-21(27)17-4-5-18(22)16-3-2-9-24-20(16)17/h2-6,9-10,13,15H,7-8,11-12H2,1H3,(H,23,25,27). The fraction of sp³-hybridized carbons (Fsp3) is 0.286. The Morgan fingerprint density at radius 3 is 2.82 bits per heavy atom. The molecule has 0 bridgehead atoms. The molecule has 1 N–H and O–H groups in total. The van der Waals surface area contributed by atoms with Crippen LogP contribution in [0, 0.1) is 0 Å². The van der Waals surface area contributed by atoms with Gasteiger partial charge in [-0.05, 0) is 50.2 Å². The minimum atomic E-state index is -0.253. The first kappa shape index (κ1) is 18.7. The van der Waals surface area contributed by atoms with Crippen LogP contribution in [0.4, 0.5) is 5.69 Å². The highest BCUT2D eigenvalue weighted by Crippen LogP contribution is 2.26. The Morgan fingerprint density at radius 1 is 1.18 bits per heavy atom. The number of fused-ring (bicyclic) bond motifs is 1. The van der Waals surface area contributed by atoms with Gasteiger partial charge in [0.15, 0.2) is 0 Å². The molecule has 0 aliphatic carbocycles. The van der Waals surface area contributed by atoms with Gasteiger partial charge in [0, 0.05) is 42.6 Å². The zero-order chi connectivity index (χ0) is 19.5. The summed E-state index contributed by atoms with van der Waals surface area (Å²) in [4.78, 5) is 23.7. The second-order valence-corrected chi connectivity index (χ2v) is 7.36. The van der Waals surface area contributed by atoms with Crippen LogP contribution >= 0.6 is 11.6 Å². The Bertz CT molecular complexity index is 1000. The molecule has 0 radical (unpaired) electrons. The predicted octanol–water partition coefficient (Wildman–Crippen LogP) is 4.01. The smallest absolute Gasteiger partial charge is 0.257 e. The molecule has 0 atom stereocenters. The number of amides is 1. The molecule has 7 heteroatoms. The van der Waals surface area contributed by atoms with Crippen molar-refractivity contribution in [3.8, 4) is 5.88 Å². The van der Waals surface area contributed by atoms with Gasteiger partial charge in [0.05, 0.1) is 16.1 Å². The lowest BCUT2D eigenvalue weighted by atomic mass is 10.1. The number of nitrogens with one attached hydrogen (secondary N) is 1. The Balaban J connectivity index is 1.50. The van der Waals surface area contributed by atoms with Crippen LogP contribution in [0.2, 0.25) is 5.02 Å². The number of piperidine rings is 1. The number of ether oxygens (including phenoxy) is 1. The van der Waals surface area contributed by atoms with Gasteiger partial charge in [0.25, 0.3) is 5.91 Å². The van der Waals surface area contributed by atoms with Crippen molar-refractivity contribution < 1.29 is 9.53 Å². The molecule has 1 saturated heterocycles. The van der Waals surface area contributed by atoms with E-state index < -0.39 is 0 Å². The summed E-state index contributed by atoms with van der Waals surface area (Å²) in [6, 6.07) is 10.5. The Labute approximate surface area is 168 Å². The molecule has 144 valence electrons. The summed E-state index contributed by atoms with van der Waals surface area (Å²) >= 11 is 6.22. The van der Waals surface area contributed by atoms with Crippen LogP contribution in [-0.2, 0) is 0 Å². The van der Waals surface area contributed by atoms with E-state index in [1.807, 2.05) is 6.07 Å². The highest BCUT2D eigenvalue weighted by molar-refractivity contribution is 6.36. The zero-order valence-electron chi connectivity index (χ0n) is 15.6. The summed E-state index contributed by atoms with van der Waals surface area (Å²) in [5.41, 5.74) is 1.67. The number of hydrogen-bond donors (Lipinski definition) is 1. The molecule has 1 aliphatic heterocycles. The van der Waals surface area contributed by atoms with Crippen molar-refractivity contribution in [2.24, 2.45) is 0 Å². The molecule has 1 aliphatic rings. The van der Waals surface area contributed by atoms with Crippen molar-refractivity contribution in [1.29, 1.82) is 0 Å². The van der Waals surface area contributed by atoms with Crippen molar-refractivity contribution >= 4 is 34.1 Å². The maximum absolute atomic E-state index is 12.8. The number of carbonyl (C=O) groups excluding carboxylic acids is 1. The average molecular weight is 397 g/mol. The van der Waals surface area contributed by atoms with Crippen molar-refractivity contribution in [3.05, 3.63) is 59.4 Å². The molecular weight excluding hydrogens is 376 g/mol. The molecule has 4 rings (SSSR count). The van der Waals surface area contributed by atoms with E-state index in [-0.39, 0.29) is 12.0 Å². The van der Waals surface area contributed by atoms with Gasteiger partial charge in [0.1, 0.15) is 6.10 Å². The van der Waals surface area contributed by atoms with Crippen LogP contribution < -0.4 is 10.1 Å². The minimum absolute atomic E-state index is 0.152. The van der Waals surface area contributed by atoms with Crippen molar-refractivity contribution in [1.82, 2.24) is 14.9 Å². The van der Waals surface area contributed by atoms with E-state index in [9.17, 15) is 4.79 Å². The molecule has 1 aromatic carbocycles. The summed E-state index contributed by atoms with van der Waals surface area (Å²) in [6.45, 7) is 2.02. The average Bonchev–Trinajstić information content (AvgIpc) is 2.70. The Morgan fingerprint density at radius 2 is 2.00 bits per heavy atom. The second-order valence-electron chi connectivity index (χ2n) is 6.95. The molecule has 0 saturated carbocycles. The second kappa shape index (κ2) is 8.12. The lowest BCUT2D eigenvalue weighted by Crippen LogP contribution is -2.35. The van der Waals surface area contributed by atoms with Crippen LogP contribution in [0.15, 0.2) is 48.8 Å². The van der Waals surface area contributed by atoms with Crippen molar-refractivity contribution in [2.75, 3.05) is 25.5 Å². The molecule has 3 heterocycles. The Kier molecular flexibility index (Phi) is 5.41. The summed E-state index contributed by atoms with van der Waals surface area (Å²) in [5.74, 6) is 0.267. The van der Waals surface area contributed by atoms with Crippen LogP contribution in [0.3, 0.4) is 0 Å². The number of carbonyl (C=O) groups is 1.